The first-order valence-electron chi connectivity index (χ1n) is 13.2. The van der Waals surface area contributed by atoms with Gasteiger partial charge in [-0.15, -0.1) is 0 Å². The number of nitrogens with zero attached hydrogens (tertiary/aromatic N) is 4. The van der Waals surface area contributed by atoms with Crippen LogP contribution in [0.25, 0.3) is 11.0 Å². The van der Waals surface area contributed by atoms with Gasteiger partial charge in [-0.05, 0) is 56.2 Å². The summed E-state index contributed by atoms with van der Waals surface area (Å²) in [5.74, 6) is -1.27. The number of nitrogens with one attached hydrogen (secondary N) is 2. The van der Waals surface area contributed by atoms with E-state index in [9.17, 15) is 27.6 Å². The highest BCUT2D eigenvalue weighted by molar-refractivity contribution is 6.30. The first kappa shape index (κ1) is 31.3. The Bertz CT molecular complexity index is 1700. The van der Waals surface area contributed by atoms with Crippen LogP contribution in [-0.2, 0) is 30.6 Å². The highest BCUT2D eigenvalue weighted by Crippen LogP contribution is 2.34. The molecule has 3 amide bonds. The molecule has 2 aromatic heterocycles. The van der Waals surface area contributed by atoms with Crippen LogP contribution in [0.1, 0.15) is 57.4 Å². The summed E-state index contributed by atoms with van der Waals surface area (Å²) in [6, 6.07) is 7.90. The lowest BCUT2D eigenvalue weighted by atomic mass is 10.1. The van der Waals surface area contributed by atoms with Gasteiger partial charge in [0.1, 0.15) is 17.0 Å². The maximum Gasteiger partial charge on any atom is 0.416 e. The summed E-state index contributed by atoms with van der Waals surface area (Å²) in [6.07, 6.45) is -4.46. The Hall–Kier alpha value is -4.59. The zero-order chi connectivity index (χ0) is 31.5. The standard InChI is InChI=1S/C28H29ClF3N7O4/c1-4-39-21(10-15(2)37-39)26(42)36-27-35-20-11-17(25(33)41)12-22(43-3)24(20)38(27)9-5-6-23(40)34-14-16-7-8-18(29)13-19(16)28(30,31)32/h7-8,10-13H,4-6,9,14H2,1-3H3,(H2,33,41)(H,34,40)(H,35,36,42). The number of anilines is 1. The highest BCUT2D eigenvalue weighted by Gasteiger charge is 2.33. The summed E-state index contributed by atoms with van der Waals surface area (Å²) in [7, 11) is 1.40. The second-order valence-corrected chi connectivity index (χ2v) is 10.1. The molecule has 228 valence electrons. The zero-order valence-corrected chi connectivity index (χ0v) is 24.3. The first-order chi connectivity index (χ1) is 20.3. The number of methoxy groups -OCH3 is 1. The third kappa shape index (κ3) is 7.08. The van der Waals surface area contributed by atoms with Crippen molar-refractivity contribution in [2.75, 3.05) is 12.4 Å². The van der Waals surface area contributed by atoms with E-state index in [1.165, 1.54) is 31.4 Å². The number of benzene rings is 2. The molecular formula is C28H29ClF3N7O4. The number of hydrogen-bond acceptors (Lipinski definition) is 6. The zero-order valence-electron chi connectivity index (χ0n) is 23.5. The molecule has 0 fully saturated rings. The van der Waals surface area contributed by atoms with Gasteiger partial charge in [0, 0.05) is 36.6 Å². The van der Waals surface area contributed by atoms with Crippen molar-refractivity contribution in [1.82, 2.24) is 24.6 Å². The number of halogens is 4. The van der Waals surface area contributed by atoms with Gasteiger partial charge in [0.15, 0.2) is 0 Å². The van der Waals surface area contributed by atoms with Crippen LogP contribution >= 0.6 is 11.6 Å². The first-order valence-corrected chi connectivity index (χ1v) is 13.6. The van der Waals surface area contributed by atoms with Gasteiger partial charge in [-0.25, -0.2) is 4.98 Å². The van der Waals surface area contributed by atoms with Gasteiger partial charge in [-0.1, -0.05) is 17.7 Å². The molecule has 15 heteroatoms. The lowest BCUT2D eigenvalue weighted by Crippen LogP contribution is -2.25. The molecule has 4 aromatic rings. The molecule has 0 unspecified atom stereocenters. The number of fused-ring (bicyclic) bond motifs is 1. The summed E-state index contributed by atoms with van der Waals surface area (Å²) < 4.78 is 48.9. The lowest BCUT2D eigenvalue weighted by Gasteiger charge is -2.14. The number of aryl methyl sites for hydroxylation is 3. The molecule has 4 rings (SSSR count). The number of rotatable bonds is 11. The number of hydrogen-bond donors (Lipinski definition) is 3. The van der Waals surface area contributed by atoms with Crippen molar-refractivity contribution in [2.24, 2.45) is 5.73 Å². The molecular weight excluding hydrogens is 591 g/mol. The van der Waals surface area contributed by atoms with Crippen LogP contribution in [0.5, 0.6) is 5.75 Å². The molecule has 0 aliphatic carbocycles. The van der Waals surface area contributed by atoms with Crippen molar-refractivity contribution in [2.45, 2.75) is 52.5 Å². The van der Waals surface area contributed by atoms with Crippen LogP contribution in [0.2, 0.25) is 5.02 Å². The molecule has 11 nitrogen and oxygen atoms in total. The van der Waals surface area contributed by atoms with E-state index >= 15 is 0 Å². The van der Waals surface area contributed by atoms with Crippen LogP contribution in [0.4, 0.5) is 19.1 Å². The monoisotopic (exact) mass is 619 g/mol. The SMILES string of the molecule is CCn1nc(C)cc1C(=O)Nc1nc2cc(C(N)=O)cc(OC)c2n1CCCC(=O)NCc1ccc(Cl)cc1C(F)(F)F. The number of alkyl halides is 3. The summed E-state index contributed by atoms with van der Waals surface area (Å²) in [5.41, 5.74) is 6.29. The summed E-state index contributed by atoms with van der Waals surface area (Å²) in [5, 5.41) is 9.51. The van der Waals surface area contributed by atoms with Crippen molar-refractivity contribution in [3.8, 4) is 5.75 Å². The summed E-state index contributed by atoms with van der Waals surface area (Å²) in [4.78, 5) is 42.2. The predicted molar refractivity (Wildman–Crippen MR) is 153 cm³/mol. The molecule has 2 aromatic carbocycles. The molecule has 2 heterocycles. The molecule has 0 atom stereocenters. The molecule has 0 spiro atoms. The quantitative estimate of drug-likeness (QED) is 0.222. The summed E-state index contributed by atoms with van der Waals surface area (Å²) >= 11 is 5.73. The third-order valence-electron chi connectivity index (χ3n) is 6.61. The van der Waals surface area contributed by atoms with Crippen molar-refractivity contribution in [3.63, 3.8) is 0 Å². The molecule has 0 aliphatic rings. The summed E-state index contributed by atoms with van der Waals surface area (Å²) in [6.45, 7) is 3.88. The maximum absolute atomic E-state index is 13.4. The molecule has 0 radical (unpaired) electrons. The Labute approximate surface area is 249 Å². The largest absolute Gasteiger partial charge is 0.494 e. The number of carbonyl (C=O) groups excluding carboxylic acids is 3. The van der Waals surface area contributed by atoms with Crippen LogP contribution in [0.3, 0.4) is 0 Å². The third-order valence-corrected chi connectivity index (χ3v) is 6.84. The lowest BCUT2D eigenvalue weighted by molar-refractivity contribution is -0.138. The Balaban J connectivity index is 1.56. The Morgan fingerprint density at radius 2 is 1.88 bits per heavy atom. The molecule has 4 N–H and O–H groups in total. The van der Waals surface area contributed by atoms with E-state index in [0.29, 0.717) is 29.0 Å². The number of carbonyl (C=O) groups is 3. The minimum absolute atomic E-state index is 0.0501. The van der Waals surface area contributed by atoms with E-state index in [2.05, 4.69) is 20.7 Å². The van der Waals surface area contributed by atoms with Crippen molar-refractivity contribution >= 4 is 46.3 Å². The van der Waals surface area contributed by atoms with Crippen molar-refractivity contribution < 1.29 is 32.3 Å². The van der Waals surface area contributed by atoms with Gasteiger partial charge in [-0.2, -0.15) is 18.3 Å². The van der Waals surface area contributed by atoms with Crippen LogP contribution in [-0.4, -0.2) is 44.2 Å². The van der Waals surface area contributed by atoms with E-state index in [0.717, 1.165) is 6.07 Å². The van der Waals surface area contributed by atoms with E-state index in [-0.39, 0.29) is 53.8 Å². The van der Waals surface area contributed by atoms with Gasteiger partial charge in [-0.3, -0.25) is 24.4 Å². The van der Waals surface area contributed by atoms with E-state index in [1.807, 2.05) is 6.92 Å². The van der Waals surface area contributed by atoms with Crippen LogP contribution < -0.4 is 21.1 Å². The maximum atomic E-state index is 13.4. The fourth-order valence-electron chi connectivity index (χ4n) is 4.62. The van der Waals surface area contributed by atoms with Gasteiger partial charge >= 0.3 is 6.18 Å². The average molecular weight is 620 g/mol. The number of imidazole rings is 1. The second kappa shape index (κ2) is 12.7. The minimum atomic E-state index is -4.63. The van der Waals surface area contributed by atoms with Crippen molar-refractivity contribution in [3.05, 3.63) is 69.5 Å². The average Bonchev–Trinajstić information content (AvgIpc) is 3.50. The second-order valence-electron chi connectivity index (χ2n) is 9.62. The predicted octanol–water partition coefficient (Wildman–Crippen LogP) is 4.69. The normalized spacial score (nSPS) is 11.5. The molecule has 0 saturated carbocycles. The van der Waals surface area contributed by atoms with E-state index < -0.39 is 29.5 Å². The number of nitrogens with two attached hydrogens (primary N) is 1. The minimum Gasteiger partial charge on any atom is -0.494 e. The molecule has 0 bridgehead atoms. The van der Waals surface area contributed by atoms with Crippen molar-refractivity contribution in [1.29, 1.82) is 0 Å². The molecule has 43 heavy (non-hydrogen) atoms. The molecule has 0 saturated heterocycles. The van der Waals surface area contributed by atoms with Gasteiger partial charge < -0.3 is 20.4 Å². The van der Waals surface area contributed by atoms with Crippen LogP contribution in [0.15, 0.2) is 36.4 Å². The fourth-order valence-corrected chi connectivity index (χ4v) is 4.79. The number of ether oxygens (including phenoxy) is 1. The Kier molecular flexibility index (Phi) is 9.28. The fraction of sp³-hybridized carbons (Fsp3) is 0.321. The van der Waals surface area contributed by atoms with Crippen LogP contribution in [0, 0.1) is 6.92 Å². The Morgan fingerprint density at radius 3 is 2.53 bits per heavy atom. The number of aromatic nitrogens is 4. The van der Waals surface area contributed by atoms with E-state index in [4.69, 9.17) is 22.1 Å². The highest BCUT2D eigenvalue weighted by atomic mass is 35.5. The number of amides is 3. The number of primary amides is 1. The molecule has 0 aliphatic heterocycles. The van der Waals surface area contributed by atoms with Gasteiger partial charge in [0.25, 0.3) is 5.91 Å². The smallest absolute Gasteiger partial charge is 0.416 e. The van der Waals surface area contributed by atoms with Gasteiger partial charge in [0.05, 0.1) is 23.9 Å². The topological polar surface area (TPSA) is 146 Å². The van der Waals surface area contributed by atoms with E-state index in [1.54, 1.807) is 22.2 Å². The van der Waals surface area contributed by atoms with Gasteiger partial charge in [0.2, 0.25) is 17.8 Å². The Morgan fingerprint density at radius 1 is 1.14 bits per heavy atom.